The molecule has 0 saturated carbocycles. The number of esters is 2. The monoisotopic (exact) mass is 770 g/mol. The molecule has 0 heterocycles. The largest absolute Gasteiger partial charge is 0.472 e. The van der Waals surface area contributed by atoms with Crippen LogP contribution in [0.1, 0.15) is 149 Å². The van der Waals surface area contributed by atoms with Crippen LogP contribution in [0.15, 0.2) is 48.6 Å². The second-order valence-electron chi connectivity index (χ2n) is 13.6. The molecule has 11 nitrogen and oxygen atoms in total. The molecule has 0 aliphatic rings. The lowest BCUT2D eigenvalue weighted by Crippen LogP contribution is -2.30. The van der Waals surface area contributed by atoms with Gasteiger partial charge in [-0.1, -0.05) is 134 Å². The number of allylic oxidation sites excluding steroid dienone is 8. The number of ether oxygens (including phenoxy) is 2. The van der Waals surface area contributed by atoms with Crippen molar-refractivity contribution in [3.05, 3.63) is 48.6 Å². The van der Waals surface area contributed by atoms with E-state index in [1.54, 1.807) is 12.2 Å². The Morgan fingerprint density at radius 3 is 2.00 bits per heavy atom. The summed E-state index contributed by atoms with van der Waals surface area (Å²) >= 11 is 0. The quantitative estimate of drug-likeness (QED) is 0.0139. The van der Waals surface area contributed by atoms with Gasteiger partial charge in [0.25, 0.3) is 0 Å². The molecule has 0 radical (unpaired) electrons. The molecule has 0 fully saturated rings. The lowest BCUT2D eigenvalue weighted by Gasteiger charge is -2.20. The molecule has 2 unspecified atom stereocenters. The molecular weight excluding hydrogens is 699 g/mol. The minimum atomic E-state index is -4.68. The molecule has 0 spiro atoms. The van der Waals surface area contributed by atoms with Crippen molar-refractivity contribution in [2.75, 3.05) is 26.4 Å². The third kappa shape index (κ3) is 35.1. The van der Waals surface area contributed by atoms with Crippen LogP contribution in [0, 0.1) is 5.92 Å². The minimum Gasteiger partial charge on any atom is -0.462 e. The number of hydrogen-bond acceptors (Lipinski definition) is 10. The Bertz CT molecular complexity index is 1100. The van der Waals surface area contributed by atoms with Crippen molar-refractivity contribution in [2.24, 2.45) is 5.92 Å². The maximum Gasteiger partial charge on any atom is 0.472 e. The number of ketones is 1. The maximum atomic E-state index is 12.5. The third-order valence-corrected chi connectivity index (χ3v) is 9.45. The van der Waals surface area contributed by atoms with Gasteiger partial charge in [0.1, 0.15) is 12.7 Å². The third-order valence-electron chi connectivity index (χ3n) is 8.50. The molecule has 0 rings (SSSR count). The van der Waals surface area contributed by atoms with Crippen LogP contribution in [0.5, 0.6) is 0 Å². The van der Waals surface area contributed by atoms with Crippen molar-refractivity contribution < 1.29 is 52.6 Å². The van der Waals surface area contributed by atoms with Gasteiger partial charge in [-0.2, -0.15) is 0 Å². The van der Waals surface area contributed by atoms with Crippen molar-refractivity contribution in [1.29, 1.82) is 0 Å². The van der Waals surface area contributed by atoms with Crippen LogP contribution in [0.25, 0.3) is 0 Å². The number of unbranched alkanes of at least 4 members (excludes halogenated alkanes) is 10. The molecule has 0 aromatic rings. The summed E-state index contributed by atoms with van der Waals surface area (Å²) in [5.41, 5.74) is 0. The number of phosphoric ester groups is 1. The van der Waals surface area contributed by atoms with Gasteiger partial charge >= 0.3 is 19.8 Å². The van der Waals surface area contributed by atoms with Crippen LogP contribution in [0.2, 0.25) is 0 Å². The van der Waals surface area contributed by atoms with Crippen LogP contribution in [0.4, 0.5) is 0 Å². The van der Waals surface area contributed by atoms with Crippen molar-refractivity contribution in [3.63, 3.8) is 0 Å². The summed E-state index contributed by atoms with van der Waals surface area (Å²) in [5, 5.41) is 18.3. The fraction of sp³-hybridized carbons (Fsp3) is 0.732. The number of phosphoric acid groups is 1. The number of hydrogen-bond donors (Lipinski definition) is 3. The number of rotatable bonds is 36. The first kappa shape index (κ1) is 50.6. The van der Waals surface area contributed by atoms with Crippen molar-refractivity contribution in [2.45, 2.75) is 161 Å². The Kier molecular flexibility index (Phi) is 33.7. The maximum absolute atomic E-state index is 12.5. The number of aliphatic hydroxyl groups excluding tert-OH is 2. The van der Waals surface area contributed by atoms with Gasteiger partial charge in [-0.05, 0) is 50.5 Å². The standard InChI is InChI=1S/C41H71O11P/c1-4-6-7-8-9-10-11-12-13-14-18-21-24-28-37(43)29-26-31-41(46)52-39(35-51-53(47,48)50-33-38(44)32-42)34-49-40(45)30-25-22-19-16-15-17-20-23-27-36(3)5-2/h9-10,12-13,18,21,24,28,36,38-39,42,44H,4-8,11,14-17,19-20,22-23,25-27,29-35H2,1-3H3,(H,47,48)/b10-9-,13-12-,21-18-,28-24+/t36?,38-,39+/m0/s1. The molecule has 12 heteroatoms. The molecule has 0 saturated heterocycles. The summed E-state index contributed by atoms with van der Waals surface area (Å²) in [6.07, 6.45) is 31.0. The summed E-state index contributed by atoms with van der Waals surface area (Å²) in [6, 6.07) is 0. The zero-order valence-corrected chi connectivity index (χ0v) is 33.8. The van der Waals surface area contributed by atoms with Crippen LogP contribution in [-0.4, -0.2) is 71.5 Å². The number of aliphatic hydroxyl groups is 2. The molecular formula is C41H71O11P. The zero-order valence-electron chi connectivity index (χ0n) is 32.9. The average Bonchev–Trinajstić information content (AvgIpc) is 3.14. The fourth-order valence-corrected chi connectivity index (χ4v) is 5.77. The van der Waals surface area contributed by atoms with E-state index in [-0.39, 0.29) is 31.5 Å². The van der Waals surface area contributed by atoms with E-state index >= 15 is 0 Å². The molecule has 53 heavy (non-hydrogen) atoms. The molecule has 306 valence electrons. The van der Waals surface area contributed by atoms with Crippen LogP contribution in [0.3, 0.4) is 0 Å². The molecule has 0 aromatic carbocycles. The van der Waals surface area contributed by atoms with E-state index in [9.17, 15) is 28.9 Å². The molecule has 0 bridgehead atoms. The zero-order chi connectivity index (χ0) is 39.4. The second kappa shape index (κ2) is 35.3. The molecule has 4 atom stereocenters. The van der Waals surface area contributed by atoms with E-state index in [4.69, 9.17) is 19.1 Å². The van der Waals surface area contributed by atoms with Gasteiger partial charge in [-0.3, -0.25) is 23.4 Å². The Morgan fingerprint density at radius 2 is 1.32 bits per heavy atom. The summed E-state index contributed by atoms with van der Waals surface area (Å²) in [6.45, 7) is 4.35. The summed E-state index contributed by atoms with van der Waals surface area (Å²) in [5.74, 6) is -0.539. The SMILES string of the molecule is CCCCC/C=C\C/C=C\C/C=C\C=C\C(=O)CCCC(=O)O[C@H](COC(=O)CCCCCCCCCCC(C)CC)COP(=O)(O)OC[C@@H](O)CO. The Morgan fingerprint density at radius 1 is 0.698 bits per heavy atom. The highest BCUT2D eigenvalue weighted by molar-refractivity contribution is 7.47. The first-order chi connectivity index (χ1) is 25.5. The van der Waals surface area contributed by atoms with Crippen molar-refractivity contribution >= 4 is 25.5 Å². The smallest absolute Gasteiger partial charge is 0.462 e. The molecule has 0 aromatic heterocycles. The van der Waals surface area contributed by atoms with E-state index in [2.05, 4.69) is 49.6 Å². The highest BCUT2D eigenvalue weighted by atomic mass is 31.2. The molecule has 3 N–H and O–H groups in total. The topological polar surface area (TPSA) is 166 Å². The fourth-order valence-electron chi connectivity index (χ4n) is 4.98. The Labute approximate surface area is 319 Å². The molecule has 0 aliphatic heterocycles. The molecule has 0 amide bonds. The van der Waals surface area contributed by atoms with E-state index in [0.717, 1.165) is 44.4 Å². The summed E-state index contributed by atoms with van der Waals surface area (Å²) in [4.78, 5) is 47.1. The van der Waals surface area contributed by atoms with E-state index in [1.807, 2.05) is 6.08 Å². The first-order valence-corrected chi connectivity index (χ1v) is 21.4. The van der Waals surface area contributed by atoms with E-state index < -0.39 is 58.4 Å². The highest BCUT2D eigenvalue weighted by Crippen LogP contribution is 2.43. The van der Waals surface area contributed by atoms with Crippen LogP contribution in [-0.2, 0) is 37.5 Å². The van der Waals surface area contributed by atoms with E-state index in [1.165, 1.54) is 63.9 Å². The number of carbonyl (C=O) groups excluding carboxylic acids is 3. The van der Waals surface area contributed by atoms with Crippen LogP contribution >= 0.6 is 7.82 Å². The lowest BCUT2D eigenvalue weighted by molar-refractivity contribution is -0.161. The predicted molar refractivity (Wildman–Crippen MR) is 210 cm³/mol. The summed E-state index contributed by atoms with van der Waals surface area (Å²) < 4.78 is 32.4. The van der Waals surface area contributed by atoms with Gasteiger partial charge < -0.3 is 24.6 Å². The second-order valence-corrected chi connectivity index (χ2v) is 15.0. The van der Waals surface area contributed by atoms with Crippen molar-refractivity contribution in [3.8, 4) is 0 Å². The number of carbonyl (C=O) groups is 3. The molecule has 0 aliphatic carbocycles. The Balaban J connectivity index is 4.59. The van der Waals surface area contributed by atoms with Gasteiger partial charge in [0.05, 0.1) is 19.8 Å². The van der Waals surface area contributed by atoms with Gasteiger partial charge in [0.2, 0.25) is 0 Å². The normalized spacial score (nSPS) is 15.0. The predicted octanol–water partition coefficient (Wildman–Crippen LogP) is 9.20. The lowest BCUT2D eigenvalue weighted by atomic mass is 9.99. The van der Waals surface area contributed by atoms with Gasteiger partial charge in [0, 0.05) is 19.3 Å². The highest BCUT2D eigenvalue weighted by Gasteiger charge is 2.27. The first-order valence-electron chi connectivity index (χ1n) is 19.9. The minimum absolute atomic E-state index is 0.106. The van der Waals surface area contributed by atoms with Gasteiger partial charge in [-0.25, -0.2) is 4.57 Å². The van der Waals surface area contributed by atoms with Crippen LogP contribution < -0.4 is 0 Å². The van der Waals surface area contributed by atoms with Gasteiger partial charge in [-0.15, -0.1) is 0 Å². The van der Waals surface area contributed by atoms with Crippen molar-refractivity contribution in [1.82, 2.24) is 0 Å². The van der Waals surface area contributed by atoms with Gasteiger partial charge in [0.15, 0.2) is 11.9 Å². The average molecular weight is 771 g/mol. The summed E-state index contributed by atoms with van der Waals surface area (Å²) in [7, 11) is -4.68. The Hall–Kier alpha value is -2.40. The van der Waals surface area contributed by atoms with E-state index in [0.29, 0.717) is 6.42 Å².